The lowest BCUT2D eigenvalue weighted by Crippen LogP contribution is -2.42. The van der Waals surface area contributed by atoms with Crippen molar-refractivity contribution in [3.63, 3.8) is 0 Å². The maximum Gasteiger partial charge on any atom is 0.409 e. The normalized spacial score (nSPS) is 13.7. The molecule has 1 aliphatic rings. The third-order valence-electron chi connectivity index (χ3n) is 6.18. The molecule has 3 heterocycles. The van der Waals surface area contributed by atoms with E-state index in [9.17, 15) is 4.79 Å². The van der Waals surface area contributed by atoms with Crippen molar-refractivity contribution >= 4 is 23.7 Å². The van der Waals surface area contributed by atoms with E-state index >= 15 is 0 Å². The van der Waals surface area contributed by atoms with Gasteiger partial charge in [-0.1, -0.05) is 30.3 Å². The zero-order valence-corrected chi connectivity index (χ0v) is 21.3. The second-order valence-electron chi connectivity index (χ2n) is 8.68. The number of aromatic nitrogens is 4. The van der Waals surface area contributed by atoms with Crippen LogP contribution in [0.25, 0.3) is 22.7 Å². The fourth-order valence-corrected chi connectivity index (χ4v) is 4.27. The molecule has 0 saturated carbocycles. The Labute approximate surface area is 220 Å². The van der Waals surface area contributed by atoms with Gasteiger partial charge in [0.1, 0.15) is 5.75 Å². The summed E-state index contributed by atoms with van der Waals surface area (Å²) in [6.45, 7) is 3.39. The first-order valence-electron chi connectivity index (χ1n) is 12.5. The Kier molecular flexibility index (Phi) is 7.62. The highest BCUT2D eigenvalue weighted by atomic mass is 16.6. The molecule has 0 aliphatic carbocycles. The average molecular weight is 516 g/mol. The van der Waals surface area contributed by atoms with Crippen LogP contribution < -0.4 is 15.4 Å². The van der Waals surface area contributed by atoms with E-state index in [1.807, 2.05) is 55.5 Å². The van der Waals surface area contributed by atoms with Gasteiger partial charge < -0.3 is 29.4 Å². The quantitative estimate of drug-likeness (QED) is 0.332. The van der Waals surface area contributed by atoms with Crippen LogP contribution >= 0.6 is 0 Å². The van der Waals surface area contributed by atoms with Gasteiger partial charge in [0.05, 0.1) is 25.5 Å². The van der Waals surface area contributed by atoms with E-state index in [4.69, 9.17) is 13.9 Å². The molecule has 196 valence electrons. The van der Waals surface area contributed by atoms with Gasteiger partial charge in [0.15, 0.2) is 18.0 Å². The number of carbonyl (C=O) groups is 1. The van der Waals surface area contributed by atoms with Crippen LogP contribution in [0.1, 0.15) is 19.8 Å². The molecule has 38 heavy (non-hydrogen) atoms. The molecule has 2 aromatic heterocycles. The van der Waals surface area contributed by atoms with Crippen LogP contribution in [0.4, 0.5) is 22.4 Å². The van der Waals surface area contributed by atoms with Crippen LogP contribution in [0.2, 0.25) is 0 Å². The monoisotopic (exact) mass is 515 g/mol. The van der Waals surface area contributed by atoms with Gasteiger partial charge in [0.25, 0.3) is 0 Å². The number of oxazole rings is 1. The number of rotatable bonds is 8. The molecule has 2 N–H and O–H groups in total. The predicted octanol–water partition coefficient (Wildman–Crippen LogP) is 4.98. The molecule has 0 spiro atoms. The van der Waals surface area contributed by atoms with E-state index in [2.05, 4.69) is 30.6 Å². The van der Waals surface area contributed by atoms with Crippen molar-refractivity contribution in [1.82, 2.24) is 24.8 Å². The SMILES string of the molecule is CCOC(=O)N1CCC(Nc2nc(Nc3ccc(-c4cnco4)c(OC)c3)nc(-c3ccccc3)n2)CC1. The lowest BCUT2D eigenvalue weighted by atomic mass is 10.1. The molecule has 11 nitrogen and oxygen atoms in total. The summed E-state index contributed by atoms with van der Waals surface area (Å²) in [6.07, 6.45) is 4.26. The Morgan fingerprint density at radius 3 is 2.58 bits per heavy atom. The van der Waals surface area contributed by atoms with Crippen molar-refractivity contribution in [3.8, 4) is 28.5 Å². The van der Waals surface area contributed by atoms with Crippen LogP contribution in [0, 0.1) is 0 Å². The Bertz CT molecular complexity index is 1360. The van der Waals surface area contributed by atoms with Crippen molar-refractivity contribution in [2.75, 3.05) is 37.4 Å². The van der Waals surface area contributed by atoms with Crippen LogP contribution in [0.5, 0.6) is 5.75 Å². The number of methoxy groups -OCH3 is 1. The first kappa shape index (κ1) is 25.0. The van der Waals surface area contributed by atoms with Gasteiger partial charge in [0, 0.05) is 36.4 Å². The van der Waals surface area contributed by atoms with Gasteiger partial charge in [-0.15, -0.1) is 0 Å². The maximum atomic E-state index is 12.0. The zero-order valence-electron chi connectivity index (χ0n) is 21.3. The topological polar surface area (TPSA) is 128 Å². The Morgan fingerprint density at radius 2 is 1.87 bits per heavy atom. The second kappa shape index (κ2) is 11.6. The first-order chi connectivity index (χ1) is 18.6. The summed E-state index contributed by atoms with van der Waals surface area (Å²) in [5.74, 6) is 2.62. The van der Waals surface area contributed by atoms with E-state index in [0.717, 1.165) is 29.7 Å². The third-order valence-corrected chi connectivity index (χ3v) is 6.18. The molecule has 0 unspecified atom stereocenters. The number of nitrogens with zero attached hydrogens (tertiary/aromatic N) is 5. The van der Waals surface area contributed by atoms with E-state index in [-0.39, 0.29) is 12.1 Å². The minimum Gasteiger partial charge on any atom is -0.496 e. The van der Waals surface area contributed by atoms with E-state index in [1.165, 1.54) is 6.39 Å². The van der Waals surface area contributed by atoms with E-state index < -0.39 is 0 Å². The van der Waals surface area contributed by atoms with Crippen LogP contribution in [0.3, 0.4) is 0 Å². The molecule has 1 fully saturated rings. The van der Waals surface area contributed by atoms with Crippen molar-refractivity contribution in [1.29, 1.82) is 0 Å². The van der Waals surface area contributed by atoms with Gasteiger partial charge >= 0.3 is 6.09 Å². The number of benzene rings is 2. The summed E-state index contributed by atoms with van der Waals surface area (Å²) in [7, 11) is 1.60. The highest BCUT2D eigenvalue weighted by Gasteiger charge is 2.24. The van der Waals surface area contributed by atoms with Crippen molar-refractivity contribution in [3.05, 3.63) is 61.1 Å². The van der Waals surface area contributed by atoms with E-state index in [0.29, 0.717) is 48.9 Å². The van der Waals surface area contributed by atoms with Crippen molar-refractivity contribution in [2.24, 2.45) is 0 Å². The zero-order chi connectivity index (χ0) is 26.3. The molecular formula is C27H29N7O4. The number of piperidine rings is 1. The third kappa shape index (κ3) is 5.83. The molecule has 0 atom stereocenters. The van der Waals surface area contributed by atoms with Gasteiger partial charge in [-0.2, -0.15) is 15.0 Å². The molecule has 0 bridgehead atoms. The predicted molar refractivity (Wildman–Crippen MR) is 142 cm³/mol. The number of likely N-dealkylation sites (tertiary alicyclic amines) is 1. The fourth-order valence-electron chi connectivity index (χ4n) is 4.27. The van der Waals surface area contributed by atoms with Crippen LogP contribution in [0.15, 0.2) is 65.5 Å². The number of hydrogen-bond acceptors (Lipinski definition) is 10. The van der Waals surface area contributed by atoms with Gasteiger partial charge in [-0.05, 0) is 31.9 Å². The maximum absolute atomic E-state index is 12.0. The number of amides is 1. The van der Waals surface area contributed by atoms with Gasteiger partial charge in [-0.3, -0.25) is 0 Å². The summed E-state index contributed by atoms with van der Waals surface area (Å²) in [5.41, 5.74) is 2.40. The summed E-state index contributed by atoms with van der Waals surface area (Å²) < 4.78 is 16.1. The van der Waals surface area contributed by atoms with Gasteiger partial charge in [0.2, 0.25) is 11.9 Å². The molecule has 11 heteroatoms. The van der Waals surface area contributed by atoms with Crippen molar-refractivity contribution in [2.45, 2.75) is 25.8 Å². The molecule has 0 radical (unpaired) electrons. The standard InChI is InChI=1S/C27H29N7O4/c1-3-37-27(35)34-13-11-19(12-14-34)29-25-31-24(18-7-5-4-6-8-18)32-26(33-25)30-20-9-10-21(22(15-20)36-2)23-16-28-17-38-23/h4-10,15-17,19H,3,11-14H2,1-2H3,(H2,29,30,31,32,33). The minimum atomic E-state index is -0.270. The number of anilines is 3. The summed E-state index contributed by atoms with van der Waals surface area (Å²) >= 11 is 0. The summed E-state index contributed by atoms with van der Waals surface area (Å²) in [6, 6.07) is 15.5. The molecule has 5 rings (SSSR count). The summed E-state index contributed by atoms with van der Waals surface area (Å²) in [5, 5.41) is 6.71. The minimum absolute atomic E-state index is 0.112. The number of ether oxygens (including phenoxy) is 2. The number of nitrogens with one attached hydrogen (secondary N) is 2. The first-order valence-corrected chi connectivity index (χ1v) is 12.5. The summed E-state index contributed by atoms with van der Waals surface area (Å²) in [4.78, 5) is 31.7. The Hall–Kier alpha value is -4.67. The molecular weight excluding hydrogens is 486 g/mol. The molecule has 1 aliphatic heterocycles. The van der Waals surface area contributed by atoms with Crippen molar-refractivity contribution < 1.29 is 18.7 Å². The smallest absolute Gasteiger partial charge is 0.409 e. The number of carbonyl (C=O) groups excluding carboxylic acids is 1. The highest BCUT2D eigenvalue weighted by Crippen LogP contribution is 2.33. The average Bonchev–Trinajstić information content (AvgIpc) is 3.49. The van der Waals surface area contributed by atoms with E-state index in [1.54, 1.807) is 18.2 Å². The highest BCUT2D eigenvalue weighted by molar-refractivity contribution is 5.71. The molecule has 2 aromatic carbocycles. The number of hydrogen-bond donors (Lipinski definition) is 2. The van der Waals surface area contributed by atoms with Crippen LogP contribution in [-0.2, 0) is 4.74 Å². The molecule has 4 aromatic rings. The lowest BCUT2D eigenvalue weighted by Gasteiger charge is -2.31. The lowest BCUT2D eigenvalue weighted by molar-refractivity contribution is 0.0983. The van der Waals surface area contributed by atoms with Gasteiger partial charge in [-0.25, -0.2) is 9.78 Å². The molecule has 1 saturated heterocycles. The largest absolute Gasteiger partial charge is 0.496 e. The fraction of sp³-hybridized carbons (Fsp3) is 0.296. The Morgan fingerprint density at radius 1 is 1.08 bits per heavy atom. The second-order valence-corrected chi connectivity index (χ2v) is 8.68. The van der Waals surface area contributed by atoms with Crippen LogP contribution in [-0.4, -0.2) is 63.8 Å². The Balaban J connectivity index is 1.37. The molecule has 1 amide bonds.